The minimum atomic E-state index is -4.82. The first kappa shape index (κ1) is 41.0. The summed E-state index contributed by atoms with van der Waals surface area (Å²) in [7, 11) is 0. The molecule has 0 bridgehead atoms. The SMILES string of the molecule is N#Cc1ccc(-c2ccc3c(c2)c2ccccc2n3-c2cc(-c3cccc(-c4ccccc4)n3)c(C(F)(F)F)cc2-n2c3ccccc3c3cc(-c4ccc(C#N)cc4C#N)ccc32)c(C#N)c1. The zero-order valence-corrected chi connectivity index (χ0v) is 35.6. The van der Waals surface area contributed by atoms with E-state index in [0.29, 0.717) is 66.9 Å². The van der Waals surface area contributed by atoms with Gasteiger partial charge in [-0.05, 0) is 107 Å². The molecule has 10 heteroatoms. The summed E-state index contributed by atoms with van der Waals surface area (Å²) in [5, 5.41) is 42.5. The second kappa shape index (κ2) is 16.1. The Morgan fingerprint density at radius 2 is 0.868 bits per heavy atom. The van der Waals surface area contributed by atoms with Crippen LogP contribution in [0.5, 0.6) is 0 Å². The van der Waals surface area contributed by atoms with Gasteiger partial charge in [-0.2, -0.15) is 34.2 Å². The molecule has 0 unspecified atom stereocenters. The van der Waals surface area contributed by atoms with Crippen molar-refractivity contribution < 1.29 is 13.2 Å². The lowest BCUT2D eigenvalue weighted by molar-refractivity contribution is -0.137. The van der Waals surface area contributed by atoms with E-state index in [0.717, 1.165) is 38.2 Å². The highest BCUT2D eigenvalue weighted by Crippen LogP contribution is 2.46. The molecule has 0 aliphatic carbocycles. The van der Waals surface area contributed by atoms with Gasteiger partial charge in [0.1, 0.15) is 0 Å². The van der Waals surface area contributed by atoms with Crippen LogP contribution < -0.4 is 0 Å². The highest BCUT2D eigenvalue weighted by Gasteiger charge is 2.36. The molecule has 0 fully saturated rings. The molecule has 0 atom stereocenters. The number of nitrogens with zero attached hydrogens (tertiary/aromatic N) is 7. The van der Waals surface area contributed by atoms with Crippen molar-refractivity contribution in [1.29, 1.82) is 21.0 Å². The maximum Gasteiger partial charge on any atom is 0.417 e. The lowest BCUT2D eigenvalue weighted by Gasteiger charge is -2.22. The van der Waals surface area contributed by atoms with Crippen molar-refractivity contribution in [2.24, 2.45) is 0 Å². The highest BCUT2D eigenvalue weighted by molar-refractivity contribution is 6.13. The van der Waals surface area contributed by atoms with Crippen LogP contribution in [0.15, 0.2) is 182 Å². The Morgan fingerprint density at radius 1 is 0.382 bits per heavy atom. The van der Waals surface area contributed by atoms with E-state index in [4.69, 9.17) is 4.98 Å². The van der Waals surface area contributed by atoms with Gasteiger partial charge in [-0.25, -0.2) is 4.98 Å². The van der Waals surface area contributed by atoms with Gasteiger partial charge in [0.15, 0.2) is 0 Å². The normalized spacial score (nSPS) is 11.4. The van der Waals surface area contributed by atoms with Crippen LogP contribution in [0.4, 0.5) is 13.2 Å². The number of fused-ring (bicyclic) bond motifs is 6. The van der Waals surface area contributed by atoms with Crippen molar-refractivity contribution in [2.45, 2.75) is 6.18 Å². The molecule has 0 aliphatic rings. The number of hydrogen-bond donors (Lipinski definition) is 0. The van der Waals surface area contributed by atoms with Crippen LogP contribution in [0.2, 0.25) is 0 Å². The Bertz CT molecular complexity index is 4080. The molecule has 0 amide bonds. The van der Waals surface area contributed by atoms with Crippen LogP contribution in [-0.4, -0.2) is 14.1 Å². The summed E-state index contributed by atoms with van der Waals surface area (Å²) in [6.07, 6.45) is -4.82. The van der Waals surface area contributed by atoms with Gasteiger partial charge >= 0.3 is 6.18 Å². The lowest BCUT2D eigenvalue weighted by atomic mass is 9.97. The third-order valence-electron chi connectivity index (χ3n) is 12.5. The summed E-state index contributed by atoms with van der Waals surface area (Å²) >= 11 is 0. The van der Waals surface area contributed by atoms with Crippen molar-refractivity contribution in [3.05, 3.63) is 210 Å². The Morgan fingerprint density at radius 3 is 1.38 bits per heavy atom. The standard InChI is InChI=1S/C58H30F3N7/c59-58(60,61)49-30-57(68-53-16-7-5-12-45(53)47-28-39(20-24-55(47)68)43-22-18-36(32-63)26-41(43)34-65)56(29-48(49)51-14-8-13-50(66-51)37-9-2-1-3-10-37)67-52-15-6-4-11-44(52)46-27-38(19-23-54(46)67)42-21-17-35(31-62)25-40(42)33-64/h1-30H. The smallest absolute Gasteiger partial charge is 0.307 e. The van der Waals surface area contributed by atoms with E-state index in [1.807, 2.05) is 124 Å². The first-order valence-electron chi connectivity index (χ1n) is 21.4. The molecule has 0 spiro atoms. The first-order valence-corrected chi connectivity index (χ1v) is 21.4. The molecule has 0 aliphatic heterocycles. The molecule has 0 N–H and O–H groups in total. The number of halogens is 3. The maximum atomic E-state index is 15.9. The summed E-state index contributed by atoms with van der Waals surface area (Å²) in [6, 6.07) is 62.5. The molecule has 8 aromatic carbocycles. The number of rotatable bonds is 6. The van der Waals surface area contributed by atoms with Crippen molar-refractivity contribution in [1.82, 2.24) is 14.1 Å². The van der Waals surface area contributed by atoms with E-state index in [9.17, 15) is 21.0 Å². The number of aromatic nitrogens is 3. The topological polar surface area (TPSA) is 118 Å². The molecule has 3 heterocycles. The summed E-state index contributed by atoms with van der Waals surface area (Å²) in [6.45, 7) is 0. The molecular weight excluding hydrogens is 852 g/mol. The number of hydrogen-bond acceptors (Lipinski definition) is 5. The van der Waals surface area contributed by atoms with Crippen LogP contribution in [0.3, 0.4) is 0 Å². The second-order valence-corrected chi connectivity index (χ2v) is 16.3. The van der Waals surface area contributed by atoms with E-state index in [1.165, 1.54) is 6.07 Å². The summed E-state index contributed by atoms with van der Waals surface area (Å²) < 4.78 is 51.7. The van der Waals surface area contributed by atoms with Crippen LogP contribution in [0.25, 0.3) is 99.8 Å². The van der Waals surface area contributed by atoms with E-state index in [1.54, 1.807) is 60.7 Å². The lowest BCUT2D eigenvalue weighted by Crippen LogP contribution is -2.12. The van der Waals surface area contributed by atoms with Gasteiger partial charge in [-0.3, -0.25) is 0 Å². The van der Waals surface area contributed by atoms with Gasteiger partial charge in [0.05, 0.1) is 96.9 Å². The number of pyridine rings is 1. The third-order valence-corrected chi connectivity index (χ3v) is 12.5. The van der Waals surface area contributed by atoms with E-state index in [2.05, 4.69) is 24.3 Å². The van der Waals surface area contributed by atoms with Crippen LogP contribution in [0, 0.1) is 45.3 Å². The Balaban J connectivity index is 1.24. The molecule has 11 rings (SSSR count). The van der Waals surface area contributed by atoms with Crippen molar-refractivity contribution in [3.63, 3.8) is 0 Å². The molecular formula is C58H30F3N7. The molecule has 318 valence electrons. The van der Waals surface area contributed by atoms with Gasteiger partial charge in [-0.1, -0.05) is 97.1 Å². The predicted octanol–water partition coefficient (Wildman–Crippen LogP) is 14.4. The number of nitriles is 4. The van der Waals surface area contributed by atoms with Gasteiger partial charge in [0.2, 0.25) is 0 Å². The zero-order valence-electron chi connectivity index (χ0n) is 35.6. The van der Waals surface area contributed by atoms with Gasteiger partial charge < -0.3 is 9.13 Å². The molecule has 0 saturated heterocycles. The summed E-state index contributed by atoms with van der Waals surface area (Å²) in [5.41, 5.74) is 7.90. The fourth-order valence-electron chi connectivity index (χ4n) is 9.45. The maximum absolute atomic E-state index is 15.9. The second-order valence-electron chi connectivity index (χ2n) is 16.3. The third kappa shape index (κ3) is 6.69. The molecule has 7 nitrogen and oxygen atoms in total. The average Bonchev–Trinajstić information content (AvgIpc) is 3.89. The average molecular weight is 882 g/mol. The van der Waals surface area contributed by atoms with Gasteiger partial charge in [0, 0.05) is 32.7 Å². The van der Waals surface area contributed by atoms with Gasteiger partial charge in [0.25, 0.3) is 0 Å². The Hall–Kier alpha value is -9.74. The molecule has 0 saturated carbocycles. The van der Waals surface area contributed by atoms with E-state index < -0.39 is 11.7 Å². The van der Waals surface area contributed by atoms with Crippen molar-refractivity contribution in [3.8, 4) is 80.4 Å². The van der Waals surface area contributed by atoms with Crippen LogP contribution >= 0.6 is 0 Å². The van der Waals surface area contributed by atoms with Crippen LogP contribution in [0.1, 0.15) is 27.8 Å². The monoisotopic (exact) mass is 881 g/mol. The van der Waals surface area contributed by atoms with Crippen molar-refractivity contribution >= 4 is 43.6 Å². The fraction of sp³-hybridized carbons (Fsp3) is 0.0172. The number of benzene rings is 8. The van der Waals surface area contributed by atoms with E-state index >= 15 is 13.2 Å². The number of alkyl halides is 3. The Kier molecular flexibility index (Phi) is 9.68. The minimum Gasteiger partial charge on any atom is -0.307 e. The minimum absolute atomic E-state index is 0.110. The van der Waals surface area contributed by atoms with Crippen LogP contribution in [-0.2, 0) is 6.18 Å². The quantitative estimate of drug-likeness (QED) is 0.165. The predicted molar refractivity (Wildman–Crippen MR) is 259 cm³/mol. The van der Waals surface area contributed by atoms with Gasteiger partial charge in [-0.15, -0.1) is 0 Å². The zero-order chi connectivity index (χ0) is 46.7. The summed E-state index contributed by atoms with van der Waals surface area (Å²) in [4.78, 5) is 4.86. The molecule has 0 radical (unpaired) electrons. The number of para-hydroxylation sites is 2. The molecule has 68 heavy (non-hydrogen) atoms. The van der Waals surface area contributed by atoms with Crippen molar-refractivity contribution in [2.75, 3.05) is 0 Å². The molecule has 3 aromatic heterocycles. The molecule has 11 aromatic rings. The largest absolute Gasteiger partial charge is 0.417 e. The summed E-state index contributed by atoms with van der Waals surface area (Å²) in [5.74, 6) is 0. The first-order chi connectivity index (χ1) is 33.2. The Labute approximate surface area is 386 Å². The highest BCUT2D eigenvalue weighted by atomic mass is 19.4. The fourth-order valence-corrected chi connectivity index (χ4v) is 9.45. The van der Waals surface area contributed by atoms with E-state index in [-0.39, 0.29) is 16.9 Å².